The fraction of sp³-hybridized carbons (Fsp3) is 0.250. The molecule has 70 valence electrons. The molecule has 0 bridgehead atoms. The van der Waals surface area contributed by atoms with Crippen molar-refractivity contribution >= 4 is 35.2 Å². The number of aromatic nitrogens is 1. The van der Waals surface area contributed by atoms with Gasteiger partial charge >= 0.3 is 5.97 Å². The van der Waals surface area contributed by atoms with Gasteiger partial charge in [-0.1, -0.05) is 11.6 Å². The van der Waals surface area contributed by atoms with E-state index in [1.54, 1.807) is 6.92 Å². The third-order valence-corrected chi connectivity index (χ3v) is 2.97. The maximum atomic E-state index is 10.5. The Hall–Kier alpha value is -0.870. The van der Waals surface area contributed by atoms with Crippen molar-refractivity contribution in [3.8, 4) is 0 Å². The summed E-state index contributed by atoms with van der Waals surface area (Å²) in [6.07, 6.45) is 1.52. The number of halogens is 1. The molecule has 0 aliphatic rings. The number of nitrogens with zero attached hydrogens (tertiary/aromatic N) is 1. The Kier molecular flexibility index (Phi) is 3.06. The standard InChI is InChI=1S/C8H8ClNO2S/c1-4(8(11)12)3-6-7(9)5(2)10-13-6/h3H,1-2H3,(H,11,12)/b4-3+. The van der Waals surface area contributed by atoms with Gasteiger partial charge in [0.1, 0.15) is 0 Å². The van der Waals surface area contributed by atoms with Crippen molar-refractivity contribution in [3.63, 3.8) is 0 Å². The molecule has 0 saturated heterocycles. The fourth-order valence-electron chi connectivity index (χ4n) is 0.724. The van der Waals surface area contributed by atoms with E-state index in [1.165, 1.54) is 24.5 Å². The molecule has 0 atom stereocenters. The summed E-state index contributed by atoms with van der Waals surface area (Å²) >= 11 is 7.07. The highest BCUT2D eigenvalue weighted by atomic mass is 35.5. The van der Waals surface area contributed by atoms with Crippen LogP contribution in [0.3, 0.4) is 0 Å². The lowest BCUT2D eigenvalue weighted by Gasteiger charge is -1.91. The summed E-state index contributed by atoms with van der Waals surface area (Å²) < 4.78 is 4.00. The molecule has 13 heavy (non-hydrogen) atoms. The first-order valence-corrected chi connectivity index (χ1v) is 4.71. The zero-order valence-electron chi connectivity index (χ0n) is 7.17. The number of aryl methyl sites for hydroxylation is 1. The van der Waals surface area contributed by atoms with Crippen LogP contribution in [0.5, 0.6) is 0 Å². The van der Waals surface area contributed by atoms with Crippen molar-refractivity contribution in [1.82, 2.24) is 4.37 Å². The highest BCUT2D eigenvalue weighted by Crippen LogP contribution is 2.26. The Labute approximate surface area is 84.8 Å². The summed E-state index contributed by atoms with van der Waals surface area (Å²) in [5, 5.41) is 9.15. The number of carbonyl (C=O) groups is 1. The second kappa shape index (κ2) is 3.89. The maximum Gasteiger partial charge on any atom is 0.331 e. The molecule has 0 saturated carbocycles. The minimum absolute atomic E-state index is 0.255. The number of aliphatic carboxylic acids is 1. The molecule has 0 radical (unpaired) electrons. The van der Waals surface area contributed by atoms with Crippen molar-refractivity contribution in [1.29, 1.82) is 0 Å². The highest BCUT2D eigenvalue weighted by molar-refractivity contribution is 7.07. The second-order valence-electron chi connectivity index (χ2n) is 2.58. The quantitative estimate of drug-likeness (QED) is 0.775. The van der Waals surface area contributed by atoms with Crippen LogP contribution < -0.4 is 0 Å². The molecule has 0 aromatic carbocycles. The molecular weight excluding hydrogens is 210 g/mol. The molecule has 1 aromatic rings. The summed E-state index contributed by atoms with van der Waals surface area (Å²) in [6.45, 7) is 3.31. The van der Waals surface area contributed by atoms with E-state index >= 15 is 0 Å². The van der Waals surface area contributed by atoms with Gasteiger partial charge in [-0.15, -0.1) is 0 Å². The molecule has 0 aliphatic carbocycles. The molecule has 0 fully saturated rings. The number of carboxylic acids is 1. The molecule has 0 unspecified atom stereocenters. The van der Waals surface area contributed by atoms with Crippen LogP contribution in [0.15, 0.2) is 5.57 Å². The molecule has 1 N–H and O–H groups in total. The smallest absolute Gasteiger partial charge is 0.331 e. The second-order valence-corrected chi connectivity index (χ2v) is 3.76. The van der Waals surface area contributed by atoms with Gasteiger partial charge in [-0.3, -0.25) is 0 Å². The summed E-state index contributed by atoms with van der Waals surface area (Å²) in [7, 11) is 0. The Morgan fingerprint density at radius 2 is 2.31 bits per heavy atom. The summed E-state index contributed by atoms with van der Waals surface area (Å²) in [5.41, 5.74) is 0.988. The van der Waals surface area contributed by atoms with Gasteiger partial charge in [-0.25, -0.2) is 4.79 Å². The van der Waals surface area contributed by atoms with Crippen molar-refractivity contribution < 1.29 is 9.90 Å². The van der Waals surface area contributed by atoms with E-state index in [4.69, 9.17) is 16.7 Å². The predicted molar refractivity (Wildman–Crippen MR) is 53.1 cm³/mol. The van der Waals surface area contributed by atoms with E-state index in [2.05, 4.69) is 4.37 Å². The Balaban J connectivity index is 3.04. The topological polar surface area (TPSA) is 50.2 Å². The molecule has 1 aromatic heterocycles. The summed E-state index contributed by atoms with van der Waals surface area (Å²) in [5.74, 6) is -0.942. The number of rotatable bonds is 2. The van der Waals surface area contributed by atoms with Gasteiger partial charge in [0.15, 0.2) is 0 Å². The lowest BCUT2D eigenvalue weighted by Crippen LogP contribution is -1.94. The lowest BCUT2D eigenvalue weighted by molar-refractivity contribution is -0.132. The number of carboxylic acid groups (broad SMARTS) is 1. The third-order valence-electron chi connectivity index (χ3n) is 1.50. The average molecular weight is 218 g/mol. The molecule has 0 aliphatic heterocycles. The summed E-state index contributed by atoms with van der Waals surface area (Å²) in [4.78, 5) is 11.2. The van der Waals surface area contributed by atoms with Gasteiger partial charge in [0, 0.05) is 5.57 Å². The van der Waals surface area contributed by atoms with Crippen LogP contribution in [0.4, 0.5) is 0 Å². The van der Waals surface area contributed by atoms with E-state index in [0.29, 0.717) is 9.90 Å². The minimum Gasteiger partial charge on any atom is -0.478 e. The zero-order chi connectivity index (χ0) is 10.0. The zero-order valence-corrected chi connectivity index (χ0v) is 8.74. The van der Waals surface area contributed by atoms with Gasteiger partial charge in [0.25, 0.3) is 0 Å². The minimum atomic E-state index is -0.942. The van der Waals surface area contributed by atoms with E-state index < -0.39 is 5.97 Å². The van der Waals surface area contributed by atoms with Gasteiger partial charge in [-0.05, 0) is 31.5 Å². The SMILES string of the molecule is C/C(=C\c1snc(C)c1Cl)C(=O)O. The fourth-order valence-corrected chi connectivity index (χ4v) is 1.76. The predicted octanol–water partition coefficient (Wildman–Crippen LogP) is 2.59. The molecule has 0 amide bonds. The monoisotopic (exact) mass is 217 g/mol. The Morgan fingerprint density at radius 3 is 2.69 bits per heavy atom. The van der Waals surface area contributed by atoms with Crippen molar-refractivity contribution in [2.24, 2.45) is 0 Å². The lowest BCUT2D eigenvalue weighted by atomic mass is 10.2. The van der Waals surface area contributed by atoms with Crippen molar-refractivity contribution in [3.05, 3.63) is 21.2 Å². The van der Waals surface area contributed by atoms with Crippen molar-refractivity contribution in [2.45, 2.75) is 13.8 Å². The van der Waals surface area contributed by atoms with Gasteiger partial charge in [0.05, 0.1) is 15.6 Å². The van der Waals surface area contributed by atoms with Crippen LogP contribution in [0.1, 0.15) is 17.5 Å². The average Bonchev–Trinajstić information content (AvgIpc) is 2.36. The van der Waals surface area contributed by atoms with Crippen LogP contribution in [0.2, 0.25) is 5.02 Å². The van der Waals surface area contributed by atoms with Crippen LogP contribution in [-0.2, 0) is 4.79 Å². The van der Waals surface area contributed by atoms with Crippen LogP contribution in [0, 0.1) is 6.92 Å². The Bertz CT molecular complexity index is 370. The third kappa shape index (κ3) is 2.29. The molecule has 1 heterocycles. The molecule has 0 spiro atoms. The van der Waals surface area contributed by atoms with Crippen LogP contribution >= 0.6 is 23.1 Å². The first-order chi connectivity index (χ1) is 6.02. The van der Waals surface area contributed by atoms with E-state index in [-0.39, 0.29) is 5.57 Å². The van der Waals surface area contributed by atoms with E-state index in [9.17, 15) is 4.79 Å². The number of hydrogen-bond donors (Lipinski definition) is 1. The first-order valence-electron chi connectivity index (χ1n) is 3.55. The van der Waals surface area contributed by atoms with E-state index in [1.807, 2.05) is 0 Å². The normalized spacial score (nSPS) is 11.8. The summed E-state index contributed by atoms with van der Waals surface area (Å²) in [6, 6.07) is 0. The first kappa shape index (κ1) is 10.2. The Morgan fingerprint density at radius 1 is 1.69 bits per heavy atom. The molecule has 3 nitrogen and oxygen atoms in total. The largest absolute Gasteiger partial charge is 0.478 e. The van der Waals surface area contributed by atoms with Crippen molar-refractivity contribution in [2.75, 3.05) is 0 Å². The van der Waals surface area contributed by atoms with E-state index in [0.717, 1.165) is 5.69 Å². The maximum absolute atomic E-state index is 10.5. The molecular formula is C8H8ClNO2S. The number of hydrogen-bond acceptors (Lipinski definition) is 3. The van der Waals surface area contributed by atoms with Gasteiger partial charge < -0.3 is 5.11 Å². The van der Waals surface area contributed by atoms with Crippen LogP contribution in [-0.4, -0.2) is 15.4 Å². The van der Waals surface area contributed by atoms with Crippen LogP contribution in [0.25, 0.3) is 6.08 Å². The molecule has 1 rings (SSSR count). The molecule has 5 heteroatoms. The van der Waals surface area contributed by atoms with Gasteiger partial charge in [0.2, 0.25) is 0 Å². The highest BCUT2D eigenvalue weighted by Gasteiger charge is 2.07. The van der Waals surface area contributed by atoms with Gasteiger partial charge in [-0.2, -0.15) is 4.37 Å².